The maximum absolute atomic E-state index is 10.3. The molecule has 0 heterocycles. The van der Waals surface area contributed by atoms with Crippen molar-refractivity contribution < 1.29 is 10.2 Å². The van der Waals surface area contributed by atoms with Crippen LogP contribution < -0.4 is 0 Å². The summed E-state index contributed by atoms with van der Waals surface area (Å²) < 4.78 is 0. The molecule has 0 bridgehead atoms. The average molecular weight is 234 g/mol. The van der Waals surface area contributed by atoms with Crippen molar-refractivity contribution in [2.45, 2.75) is 57.2 Å². The van der Waals surface area contributed by atoms with Crippen molar-refractivity contribution in [3.05, 3.63) is 35.4 Å². The lowest BCUT2D eigenvalue weighted by Crippen LogP contribution is -2.41. The summed E-state index contributed by atoms with van der Waals surface area (Å²) in [4.78, 5) is 0. The first kappa shape index (κ1) is 12.6. The first-order valence-corrected chi connectivity index (χ1v) is 6.48. The minimum absolute atomic E-state index is 0.203. The Morgan fingerprint density at radius 2 is 2.12 bits per heavy atom. The summed E-state index contributed by atoms with van der Waals surface area (Å²) in [6.07, 6.45) is 2.77. The van der Waals surface area contributed by atoms with Gasteiger partial charge in [-0.15, -0.1) is 0 Å². The summed E-state index contributed by atoms with van der Waals surface area (Å²) in [5.41, 5.74) is 2.41. The molecule has 1 aromatic rings. The van der Waals surface area contributed by atoms with Crippen LogP contribution in [0.2, 0.25) is 0 Å². The van der Waals surface area contributed by atoms with E-state index in [4.69, 9.17) is 0 Å². The zero-order valence-corrected chi connectivity index (χ0v) is 10.7. The molecular weight excluding hydrogens is 212 g/mol. The summed E-state index contributed by atoms with van der Waals surface area (Å²) in [6.45, 7) is 3.93. The highest BCUT2D eigenvalue weighted by Gasteiger charge is 2.38. The second-order valence-electron chi connectivity index (χ2n) is 5.52. The van der Waals surface area contributed by atoms with Gasteiger partial charge in [0, 0.05) is 5.41 Å². The van der Waals surface area contributed by atoms with Crippen molar-refractivity contribution >= 4 is 0 Å². The van der Waals surface area contributed by atoms with E-state index in [-0.39, 0.29) is 17.6 Å². The number of aryl methyl sites for hydroxylation is 1. The fraction of sp³-hybridized carbons (Fsp3) is 0.600. The van der Waals surface area contributed by atoms with Crippen LogP contribution in [0, 0.1) is 0 Å². The van der Waals surface area contributed by atoms with E-state index in [1.54, 1.807) is 0 Å². The Morgan fingerprint density at radius 3 is 2.82 bits per heavy atom. The van der Waals surface area contributed by atoms with E-state index in [0.29, 0.717) is 0 Å². The third-order valence-corrected chi connectivity index (χ3v) is 4.14. The van der Waals surface area contributed by atoms with Gasteiger partial charge in [-0.25, -0.2) is 0 Å². The third kappa shape index (κ3) is 2.38. The van der Waals surface area contributed by atoms with Crippen molar-refractivity contribution in [2.75, 3.05) is 0 Å². The van der Waals surface area contributed by atoms with E-state index in [0.717, 1.165) is 25.7 Å². The van der Waals surface area contributed by atoms with Gasteiger partial charge in [0.05, 0.1) is 12.2 Å². The van der Waals surface area contributed by atoms with Crippen LogP contribution in [0.1, 0.15) is 44.2 Å². The summed E-state index contributed by atoms with van der Waals surface area (Å²) in [5, 5.41) is 19.8. The number of benzene rings is 1. The van der Waals surface area contributed by atoms with Gasteiger partial charge < -0.3 is 10.2 Å². The molecule has 2 N–H and O–H groups in total. The van der Waals surface area contributed by atoms with E-state index >= 15 is 0 Å². The zero-order valence-electron chi connectivity index (χ0n) is 10.7. The molecule has 0 aromatic heterocycles. The van der Waals surface area contributed by atoms with Crippen molar-refractivity contribution in [2.24, 2.45) is 0 Å². The smallest absolute Gasteiger partial charge is 0.0637 e. The van der Waals surface area contributed by atoms with E-state index in [1.165, 1.54) is 11.1 Å². The van der Waals surface area contributed by atoms with Crippen molar-refractivity contribution in [3.63, 3.8) is 0 Å². The largest absolute Gasteiger partial charge is 0.393 e. The molecular formula is C15H22O2. The Balaban J connectivity index is 2.30. The highest BCUT2D eigenvalue weighted by atomic mass is 16.3. The molecule has 2 heteroatoms. The molecule has 94 valence electrons. The monoisotopic (exact) mass is 234 g/mol. The highest BCUT2D eigenvalue weighted by molar-refractivity contribution is 5.37. The van der Waals surface area contributed by atoms with Gasteiger partial charge in [-0.1, -0.05) is 31.2 Å². The molecule has 0 aliphatic heterocycles. The van der Waals surface area contributed by atoms with Gasteiger partial charge in [-0.3, -0.25) is 0 Å². The van der Waals surface area contributed by atoms with Gasteiger partial charge in [0.15, 0.2) is 0 Å². The van der Waals surface area contributed by atoms with Gasteiger partial charge in [-0.2, -0.15) is 0 Å². The van der Waals surface area contributed by atoms with E-state index in [2.05, 4.69) is 25.1 Å². The summed E-state index contributed by atoms with van der Waals surface area (Å²) in [5.74, 6) is 0. The van der Waals surface area contributed by atoms with Crippen LogP contribution >= 0.6 is 0 Å². The molecule has 17 heavy (non-hydrogen) atoms. The SMILES string of the molecule is CC(O)CCC1(C)c2ccccc2CCC1O. The average Bonchev–Trinajstić information content (AvgIpc) is 2.32. The Bertz CT molecular complexity index is 386. The van der Waals surface area contributed by atoms with Crippen molar-refractivity contribution in [3.8, 4) is 0 Å². The van der Waals surface area contributed by atoms with Crippen LogP contribution in [0.15, 0.2) is 24.3 Å². The van der Waals surface area contributed by atoms with Crippen LogP contribution in [0.25, 0.3) is 0 Å². The molecule has 0 amide bonds. The molecule has 1 aliphatic rings. The number of hydrogen-bond acceptors (Lipinski definition) is 2. The van der Waals surface area contributed by atoms with Gasteiger partial charge >= 0.3 is 0 Å². The highest BCUT2D eigenvalue weighted by Crippen LogP contribution is 2.40. The van der Waals surface area contributed by atoms with Crippen LogP contribution in [-0.4, -0.2) is 22.4 Å². The van der Waals surface area contributed by atoms with Crippen LogP contribution in [0.5, 0.6) is 0 Å². The zero-order chi connectivity index (χ0) is 12.5. The van der Waals surface area contributed by atoms with Crippen LogP contribution in [0.3, 0.4) is 0 Å². The molecule has 2 rings (SSSR count). The lowest BCUT2D eigenvalue weighted by Gasteiger charge is -2.40. The maximum Gasteiger partial charge on any atom is 0.0637 e. The third-order valence-electron chi connectivity index (χ3n) is 4.14. The van der Waals surface area contributed by atoms with Crippen molar-refractivity contribution in [1.29, 1.82) is 0 Å². The summed E-state index contributed by atoms with van der Waals surface area (Å²) >= 11 is 0. The molecule has 1 aromatic carbocycles. The van der Waals surface area contributed by atoms with E-state index in [9.17, 15) is 10.2 Å². The molecule has 0 fully saturated rings. The summed E-state index contributed by atoms with van der Waals surface area (Å²) in [7, 11) is 0. The first-order chi connectivity index (χ1) is 8.04. The fourth-order valence-electron chi connectivity index (χ4n) is 2.90. The second kappa shape index (κ2) is 4.79. The lowest BCUT2D eigenvalue weighted by atomic mass is 9.67. The predicted molar refractivity (Wildman–Crippen MR) is 69.0 cm³/mol. The molecule has 0 saturated heterocycles. The molecule has 2 nitrogen and oxygen atoms in total. The standard InChI is InChI=1S/C15H22O2/c1-11(16)9-10-15(2)13-6-4-3-5-12(13)7-8-14(15)17/h3-6,11,14,16-17H,7-10H2,1-2H3. The molecule has 0 saturated carbocycles. The molecule has 0 spiro atoms. The van der Waals surface area contributed by atoms with Gasteiger partial charge in [0.1, 0.15) is 0 Å². The predicted octanol–water partition coefficient (Wildman–Crippen LogP) is 2.41. The molecule has 3 unspecified atom stereocenters. The van der Waals surface area contributed by atoms with Gasteiger partial charge in [0.25, 0.3) is 0 Å². The Morgan fingerprint density at radius 1 is 1.41 bits per heavy atom. The normalized spacial score (nSPS) is 29.8. The fourth-order valence-corrected chi connectivity index (χ4v) is 2.90. The van der Waals surface area contributed by atoms with Gasteiger partial charge in [-0.05, 0) is 43.7 Å². The Labute approximate surface area is 103 Å². The molecule has 0 radical (unpaired) electrons. The minimum atomic E-state index is -0.298. The Hall–Kier alpha value is -0.860. The van der Waals surface area contributed by atoms with Crippen LogP contribution in [-0.2, 0) is 11.8 Å². The summed E-state index contributed by atoms with van der Waals surface area (Å²) in [6, 6.07) is 8.38. The minimum Gasteiger partial charge on any atom is -0.393 e. The van der Waals surface area contributed by atoms with Crippen LogP contribution in [0.4, 0.5) is 0 Å². The lowest BCUT2D eigenvalue weighted by molar-refractivity contribution is 0.0569. The van der Waals surface area contributed by atoms with E-state index in [1.807, 2.05) is 13.0 Å². The Kier molecular flexibility index (Phi) is 3.55. The second-order valence-corrected chi connectivity index (χ2v) is 5.52. The first-order valence-electron chi connectivity index (χ1n) is 6.48. The van der Waals surface area contributed by atoms with Crippen molar-refractivity contribution in [1.82, 2.24) is 0 Å². The quantitative estimate of drug-likeness (QED) is 0.843. The topological polar surface area (TPSA) is 40.5 Å². The molecule has 3 atom stereocenters. The van der Waals surface area contributed by atoms with Gasteiger partial charge in [0.2, 0.25) is 0 Å². The number of hydrogen-bond donors (Lipinski definition) is 2. The number of aliphatic hydroxyl groups excluding tert-OH is 2. The van der Waals surface area contributed by atoms with E-state index < -0.39 is 0 Å². The number of aliphatic hydroxyl groups is 2. The number of fused-ring (bicyclic) bond motifs is 1. The number of rotatable bonds is 3. The maximum atomic E-state index is 10.3. The molecule has 1 aliphatic carbocycles.